The summed E-state index contributed by atoms with van der Waals surface area (Å²) in [5.41, 5.74) is 2.35. The van der Waals surface area contributed by atoms with Gasteiger partial charge in [0, 0.05) is 18.4 Å². The SMILES string of the molecule is COc1ccccc1NC(=O)CCC(=O)c1ccc(C)cc1. The third kappa shape index (κ3) is 4.19. The van der Waals surface area contributed by atoms with Gasteiger partial charge in [-0.1, -0.05) is 42.0 Å². The minimum absolute atomic E-state index is 0.0322. The first kappa shape index (κ1) is 15.8. The Labute approximate surface area is 130 Å². The van der Waals surface area contributed by atoms with Gasteiger partial charge in [-0.05, 0) is 19.1 Å². The molecule has 0 fully saturated rings. The van der Waals surface area contributed by atoms with Crippen molar-refractivity contribution in [2.24, 2.45) is 0 Å². The van der Waals surface area contributed by atoms with Crippen molar-refractivity contribution in [1.82, 2.24) is 0 Å². The van der Waals surface area contributed by atoms with Crippen molar-refractivity contribution < 1.29 is 14.3 Å². The Bertz CT molecular complexity index is 662. The van der Waals surface area contributed by atoms with E-state index in [1.807, 2.05) is 31.2 Å². The number of hydrogen-bond donors (Lipinski definition) is 1. The number of rotatable bonds is 6. The molecule has 0 bridgehead atoms. The van der Waals surface area contributed by atoms with E-state index in [9.17, 15) is 9.59 Å². The van der Waals surface area contributed by atoms with Gasteiger partial charge in [0.05, 0.1) is 12.8 Å². The van der Waals surface area contributed by atoms with E-state index in [1.165, 1.54) is 0 Å². The van der Waals surface area contributed by atoms with Crippen molar-refractivity contribution in [3.05, 3.63) is 59.7 Å². The number of benzene rings is 2. The lowest BCUT2D eigenvalue weighted by molar-refractivity contribution is -0.116. The Morgan fingerprint density at radius 3 is 2.36 bits per heavy atom. The molecule has 4 heteroatoms. The first-order chi connectivity index (χ1) is 10.6. The standard InChI is InChI=1S/C18H19NO3/c1-13-7-9-14(10-8-13)16(20)11-12-18(21)19-15-5-3-4-6-17(15)22-2/h3-10H,11-12H2,1-2H3,(H,19,21). The zero-order chi connectivity index (χ0) is 15.9. The molecule has 114 valence electrons. The van der Waals surface area contributed by atoms with Crippen LogP contribution < -0.4 is 10.1 Å². The molecule has 0 unspecified atom stereocenters. The number of carbonyl (C=O) groups excluding carboxylic acids is 2. The number of para-hydroxylation sites is 2. The van der Waals surface area contributed by atoms with Crippen molar-refractivity contribution in [3.8, 4) is 5.75 Å². The van der Waals surface area contributed by atoms with Gasteiger partial charge in [-0.2, -0.15) is 0 Å². The Morgan fingerprint density at radius 2 is 1.68 bits per heavy atom. The number of aryl methyl sites for hydroxylation is 1. The fourth-order valence-electron chi connectivity index (χ4n) is 2.07. The van der Waals surface area contributed by atoms with Crippen LogP contribution in [0.25, 0.3) is 0 Å². The van der Waals surface area contributed by atoms with Crippen LogP contribution in [0.15, 0.2) is 48.5 Å². The number of anilines is 1. The smallest absolute Gasteiger partial charge is 0.224 e. The Kier molecular flexibility index (Phi) is 5.31. The number of nitrogens with one attached hydrogen (secondary N) is 1. The molecule has 0 saturated heterocycles. The van der Waals surface area contributed by atoms with Crippen LogP contribution in [0.5, 0.6) is 5.75 Å². The largest absolute Gasteiger partial charge is 0.495 e. The molecule has 1 N–H and O–H groups in total. The highest BCUT2D eigenvalue weighted by Crippen LogP contribution is 2.23. The molecule has 0 spiro atoms. The molecular weight excluding hydrogens is 278 g/mol. The van der Waals surface area contributed by atoms with E-state index in [0.29, 0.717) is 17.0 Å². The van der Waals surface area contributed by atoms with E-state index in [4.69, 9.17) is 4.74 Å². The first-order valence-corrected chi connectivity index (χ1v) is 7.13. The summed E-state index contributed by atoms with van der Waals surface area (Å²) in [6.45, 7) is 1.97. The number of ether oxygens (including phenoxy) is 1. The molecule has 2 aromatic carbocycles. The van der Waals surface area contributed by atoms with Gasteiger partial charge in [0.15, 0.2) is 5.78 Å². The van der Waals surface area contributed by atoms with Crippen molar-refractivity contribution >= 4 is 17.4 Å². The van der Waals surface area contributed by atoms with Crippen molar-refractivity contribution in [1.29, 1.82) is 0 Å². The lowest BCUT2D eigenvalue weighted by Gasteiger charge is -2.09. The highest BCUT2D eigenvalue weighted by molar-refractivity contribution is 6.00. The lowest BCUT2D eigenvalue weighted by Crippen LogP contribution is -2.14. The summed E-state index contributed by atoms with van der Waals surface area (Å²) >= 11 is 0. The zero-order valence-electron chi connectivity index (χ0n) is 12.8. The van der Waals surface area contributed by atoms with Crippen LogP contribution in [0.4, 0.5) is 5.69 Å². The summed E-state index contributed by atoms with van der Waals surface area (Å²) in [6.07, 6.45) is 0.328. The van der Waals surface area contributed by atoms with Crippen LogP contribution in [0.3, 0.4) is 0 Å². The summed E-state index contributed by atoms with van der Waals surface area (Å²) in [6, 6.07) is 14.5. The van der Waals surface area contributed by atoms with Gasteiger partial charge in [-0.25, -0.2) is 0 Å². The summed E-state index contributed by atoms with van der Waals surface area (Å²) in [7, 11) is 1.55. The van der Waals surface area contributed by atoms with Crippen molar-refractivity contribution in [2.45, 2.75) is 19.8 Å². The molecule has 0 radical (unpaired) electrons. The van der Waals surface area contributed by atoms with Crippen LogP contribution in [0.2, 0.25) is 0 Å². The molecule has 0 aliphatic heterocycles. The number of carbonyl (C=O) groups is 2. The molecule has 2 rings (SSSR count). The fourth-order valence-corrected chi connectivity index (χ4v) is 2.07. The van der Waals surface area contributed by atoms with Crippen LogP contribution >= 0.6 is 0 Å². The molecule has 0 aliphatic rings. The quantitative estimate of drug-likeness (QED) is 0.829. The van der Waals surface area contributed by atoms with Gasteiger partial charge in [-0.3, -0.25) is 9.59 Å². The number of Topliss-reactive ketones (excluding diaryl/α,β-unsaturated/α-hetero) is 1. The highest BCUT2D eigenvalue weighted by atomic mass is 16.5. The molecule has 22 heavy (non-hydrogen) atoms. The highest BCUT2D eigenvalue weighted by Gasteiger charge is 2.11. The molecule has 2 aromatic rings. The molecule has 0 atom stereocenters. The average molecular weight is 297 g/mol. The summed E-state index contributed by atoms with van der Waals surface area (Å²) in [5, 5.41) is 2.76. The summed E-state index contributed by atoms with van der Waals surface area (Å²) in [5.74, 6) is 0.362. The van der Waals surface area contributed by atoms with Crippen LogP contribution in [-0.4, -0.2) is 18.8 Å². The van der Waals surface area contributed by atoms with Gasteiger partial charge in [-0.15, -0.1) is 0 Å². The summed E-state index contributed by atoms with van der Waals surface area (Å²) < 4.78 is 5.17. The minimum Gasteiger partial charge on any atom is -0.495 e. The molecule has 0 heterocycles. The van der Waals surface area contributed by atoms with Gasteiger partial charge in [0.2, 0.25) is 5.91 Å². The Morgan fingerprint density at radius 1 is 1.00 bits per heavy atom. The fraction of sp³-hybridized carbons (Fsp3) is 0.222. The predicted molar refractivity (Wildman–Crippen MR) is 86.4 cm³/mol. The Balaban J connectivity index is 1.90. The first-order valence-electron chi connectivity index (χ1n) is 7.13. The van der Waals surface area contributed by atoms with Gasteiger partial charge in [0.25, 0.3) is 0 Å². The van der Waals surface area contributed by atoms with E-state index in [1.54, 1.807) is 31.4 Å². The van der Waals surface area contributed by atoms with Gasteiger partial charge in [0.1, 0.15) is 5.75 Å². The van der Waals surface area contributed by atoms with Crippen molar-refractivity contribution in [3.63, 3.8) is 0 Å². The summed E-state index contributed by atoms with van der Waals surface area (Å²) in [4.78, 5) is 24.0. The minimum atomic E-state index is -0.204. The van der Waals surface area contributed by atoms with Crippen LogP contribution in [-0.2, 0) is 4.79 Å². The average Bonchev–Trinajstić information content (AvgIpc) is 2.54. The topological polar surface area (TPSA) is 55.4 Å². The lowest BCUT2D eigenvalue weighted by atomic mass is 10.0. The van der Waals surface area contributed by atoms with E-state index >= 15 is 0 Å². The second kappa shape index (κ2) is 7.41. The van der Waals surface area contributed by atoms with E-state index < -0.39 is 0 Å². The van der Waals surface area contributed by atoms with Crippen molar-refractivity contribution in [2.75, 3.05) is 12.4 Å². The van der Waals surface area contributed by atoms with Gasteiger partial charge < -0.3 is 10.1 Å². The second-order valence-electron chi connectivity index (χ2n) is 5.04. The number of amides is 1. The van der Waals surface area contributed by atoms with E-state index in [0.717, 1.165) is 5.56 Å². The van der Waals surface area contributed by atoms with Gasteiger partial charge >= 0.3 is 0 Å². The maximum atomic E-state index is 12.0. The third-order valence-electron chi connectivity index (χ3n) is 3.33. The molecule has 0 aliphatic carbocycles. The third-order valence-corrected chi connectivity index (χ3v) is 3.33. The molecule has 4 nitrogen and oxygen atoms in total. The molecule has 1 amide bonds. The van der Waals surface area contributed by atoms with E-state index in [-0.39, 0.29) is 24.5 Å². The number of ketones is 1. The zero-order valence-corrected chi connectivity index (χ0v) is 12.8. The number of methoxy groups -OCH3 is 1. The van der Waals surface area contributed by atoms with E-state index in [2.05, 4.69) is 5.32 Å². The maximum absolute atomic E-state index is 12.0. The van der Waals surface area contributed by atoms with Crippen LogP contribution in [0.1, 0.15) is 28.8 Å². The predicted octanol–water partition coefficient (Wildman–Crippen LogP) is 3.61. The number of hydrogen-bond acceptors (Lipinski definition) is 3. The maximum Gasteiger partial charge on any atom is 0.224 e. The van der Waals surface area contributed by atoms with Crippen LogP contribution in [0, 0.1) is 6.92 Å². The normalized spacial score (nSPS) is 10.1. The Hall–Kier alpha value is -2.62. The molecule has 0 saturated carbocycles. The molecular formula is C18H19NO3. The second-order valence-corrected chi connectivity index (χ2v) is 5.04. The molecule has 0 aromatic heterocycles. The monoisotopic (exact) mass is 297 g/mol.